The molecule has 2 N–H and O–H groups in total. The molecule has 0 amide bonds. The van der Waals surface area contributed by atoms with E-state index in [1.165, 1.54) is 6.07 Å². The van der Waals surface area contributed by atoms with Gasteiger partial charge in [0.1, 0.15) is 0 Å². The van der Waals surface area contributed by atoms with Crippen molar-refractivity contribution in [2.45, 2.75) is 37.7 Å². The van der Waals surface area contributed by atoms with Crippen molar-refractivity contribution in [3.05, 3.63) is 35.4 Å². The van der Waals surface area contributed by atoms with Crippen molar-refractivity contribution in [2.75, 3.05) is 26.8 Å². The topological polar surface area (TPSA) is 41.5 Å². The molecule has 124 valence electrons. The fourth-order valence-corrected chi connectivity index (χ4v) is 3.52. The molecule has 1 aliphatic rings. The SMILES string of the molecule is CO[C@](CCCCO)(c1cccc(F)c1F)[C@@H]1CCCNC1. The van der Waals surface area contributed by atoms with E-state index in [0.717, 1.165) is 32.0 Å². The number of methoxy groups -OCH3 is 1. The van der Waals surface area contributed by atoms with Gasteiger partial charge in [-0.15, -0.1) is 0 Å². The predicted octanol–water partition coefficient (Wildman–Crippen LogP) is 2.97. The zero-order valence-electron chi connectivity index (χ0n) is 13.1. The van der Waals surface area contributed by atoms with Crippen LogP contribution in [0, 0.1) is 17.6 Å². The first-order chi connectivity index (χ1) is 10.7. The molecule has 3 nitrogen and oxygen atoms in total. The van der Waals surface area contributed by atoms with Crippen molar-refractivity contribution in [1.29, 1.82) is 0 Å². The normalized spacial score (nSPS) is 21.5. The lowest BCUT2D eigenvalue weighted by Gasteiger charge is -2.42. The quantitative estimate of drug-likeness (QED) is 0.761. The predicted molar refractivity (Wildman–Crippen MR) is 81.6 cm³/mol. The summed E-state index contributed by atoms with van der Waals surface area (Å²) in [5.74, 6) is -1.58. The molecule has 1 aromatic carbocycles. The van der Waals surface area contributed by atoms with E-state index < -0.39 is 17.2 Å². The number of benzene rings is 1. The van der Waals surface area contributed by atoms with Crippen LogP contribution < -0.4 is 5.32 Å². The smallest absolute Gasteiger partial charge is 0.164 e. The van der Waals surface area contributed by atoms with Crippen molar-refractivity contribution in [3.63, 3.8) is 0 Å². The Labute approximate surface area is 130 Å². The average Bonchev–Trinajstić information content (AvgIpc) is 2.56. The summed E-state index contributed by atoms with van der Waals surface area (Å²) in [5, 5.41) is 12.4. The molecule has 0 spiro atoms. The molecule has 0 aromatic heterocycles. The van der Waals surface area contributed by atoms with Crippen molar-refractivity contribution in [3.8, 4) is 0 Å². The Hall–Kier alpha value is -1.04. The highest BCUT2D eigenvalue weighted by molar-refractivity contribution is 5.27. The van der Waals surface area contributed by atoms with Gasteiger partial charge in [-0.25, -0.2) is 8.78 Å². The molecule has 2 rings (SSSR count). The van der Waals surface area contributed by atoms with Gasteiger partial charge in [-0.1, -0.05) is 12.1 Å². The third kappa shape index (κ3) is 3.47. The van der Waals surface area contributed by atoms with Crippen LogP contribution in [0.5, 0.6) is 0 Å². The van der Waals surface area contributed by atoms with Gasteiger partial charge in [0.2, 0.25) is 0 Å². The van der Waals surface area contributed by atoms with Gasteiger partial charge in [-0.05, 0) is 44.7 Å². The highest BCUT2D eigenvalue weighted by Crippen LogP contribution is 2.42. The number of unbranched alkanes of at least 4 members (excludes halogenated alkanes) is 1. The van der Waals surface area contributed by atoms with Crippen molar-refractivity contribution >= 4 is 0 Å². The second kappa shape index (κ2) is 7.99. The van der Waals surface area contributed by atoms with E-state index in [-0.39, 0.29) is 12.5 Å². The summed E-state index contributed by atoms with van der Waals surface area (Å²) in [4.78, 5) is 0. The molecular formula is C17H25F2NO2. The summed E-state index contributed by atoms with van der Waals surface area (Å²) in [7, 11) is 1.57. The van der Waals surface area contributed by atoms with E-state index in [2.05, 4.69) is 5.32 Å². The molecule has 1 heterocycles. The first-order valence-corrected chi connectivity index (χ1v) is 7.97. The molecule has 1 saturated heterocycles. The molecule has 1 aromatic rings. The van der Waals surface area contributed by atoms with Crippen LogP contribution in [0.4, 0.5) is 8.78 Å². The van der Waals surface area contributed by atoms with Crippen LogP contribution in [0.1, 0.15) is 37.7 Å². The highest BCUT2D eigenvalue weighted by atomic mass is 19.2. The zero-order chi connectivity index (χ0) is 16.0. The molecule has 1 aliphatic heterocycles. The summed E-state index contributed by atoms with van der Waals surface area (Å²) in [6.07, 6.45) is 3.80. The molecule has 0 bridgehead atoms. The fourth-order valence-electron chi connectivity index (χ4n) is 3.52. The Kier molecular flexibility index (Phi) is 6.29. The Morgan fingerprint density at radius 1 is 1.36 bits per heavy atom. The van der Waals surface area contributed by atoms with Crippen molar-refractivity contribution < 1.29 is 18.6 Å². The van der Waals surface area contributed by atoms with Crippen LogP contribution in [0.15, 0.2) is 18.2 Å². The summed E-state index contributed by atoms with van der Waals surface area (Å²) in [6, 6.07) is 4.28. The molecule has 22 heavy (non-hydrogen) atoms. The summed E-state index contributed by atoms with van der Waals surface area (Å²) < 4.78 is 34.0. The van der Waals surface area contributed by atoms with Crippen molar-refractivity contribution in [2.24, 2.45) is 5.92 Å². The van der Waals surface area contributed by atoms with E-state index >= 15 is 0 Å². The number of hydrogen-bond donors (Lipinski definition) is 2. The monoisotopic (exact) mass is 313 g/mol. The molecule has 0 radical (unpaired) electrons. The van der Waals surface area contributed by atoms with Gasteiger partial charge < -0.3 is 15.2 Å². The van der Waals surface area contributed by atoms with Crippen LogP contribution in [-0.2, 0) is 10.3 Å². The molecular weight excluding hydrogens is 288 g/mol. The summed E-state index contributed by atoms with van der Waals surface area (Å²) in [6.45, 7) is 1.76. The Morgan fingerprint density at radius 2 is 2.18 bits per heavy atom. The van der Waals surface area contributed by atoms with Gasteiger partial charge in [0.25, 0.3) is 0 Å². The third-order valence-electron chi connectivity index (χ3n) is 4.68. The molecule has 1 fully saturated rings. The van der Waals surface area contributed by atoms with Crippen LogP contribution >= 0.6 is 0 Å². The minimum Gasteiger partial charge on any atom is -0.396 e. The number of nitrogens with one attached hydrogen (secondary N) is 1. The van der Waals surface area contributed by atoms with E-state index in [4.69, 9.17) is 9.84 Å². The molecule has 0 saturated carbocycles. The first-order valence-electron chi connectivity index (χ1n) is 7.97. The van der Waals surface area contributed by atoms with Crippen LogP contribution in [0.3, 0.4) is 0 Å². The molecule has 5 heteroatoms. The second-order valence-electron chi connectivity index (χ2n) is 5.92. The number of rotatable bonds is 7. The lowest BCUT2D eigenvalue weighted by atomic mass is 9.74. The van der Waals surface area contributed by atoms with Gasteiger partial charge in [0, 0.05) is 31.7 Å². The second-order valence-corrected chi connectivity index (χ2v) is 5.92. The molecule has 0 unspecified atom stereocenters. The summed E-state index contributed by atoms with van der Waals surface area (Å²) in [5.41, 5.74) is -0.559. The minimum atomic E-state index is -0.852. The van der Waals surface area contributed by atoms with E-state index in [9.17, 15) is 8.78 Å². The first kappa shape index (κ1) is 17.3. The van der Waals surface area contributed by atoms with Gasteiger partial charge in [0.05, 0.1) is 5.60 Å². The highest BCUT2D eigenvalue weighted by Gasteiger charge is 2.43. The summed E-state index contributed by atoms with van der Waals surface area (Å²) >= 11 is 0. The van der Waals surface area contributed by atoms with Crippen LogP contribution in [0.25, 0.3) is 0 Å². The van der Waals surface area contributed by atoms with Gasteiger partial charge >= 0.3 is 0 Å². The maximum absolute atomic E-state index is 14.4. The Morgan fingerprint density at radius 3 is 2.82 bits per heavy atom. The average molecular weight is 313 g/mol. The fraction of sp³-hybridized carbons (Fsp3) is 0.647. The van der Waals surface area contributed by atoms with Gasteiger partial charge in [0.15, 0.2) is 11.6 Å². The van der Waals surface area contributed by atoms with Crippen LogP contribution in [-0.4, -0.2) is 31.9 Å². The number of halogens is 2. The molecule has 0 aliphatic carbocycles. The van der Waals surface area contributed by atoms with E-state index in [1.54, 1.807) is 13.2 Å². The number of piperidine rings is 1. The lowest BCUT2D eigenvalue weighted by molar-refractivity contribution is -0.0824. The number of ether oxygens (including phenoxy) is 1. The largest absolute Gasteiger partial charge is 0.396 e. The number of aliphatic hydroxyl groups excluding tert-OH is 1. The lowest BCUT2D eigenvalue weighted by Crippen LogP contribution is -2.46. The third-order valence-corrected chi connectivity index (χ3v) is 4.68. The maximum atomic E-state index is 14.4. The molecule has 2 atom stereocenters. The Bertz CT molecular complexity index is 478. The Balaban J connectivity index is 2.39. The number of aliphatic hydroxyl groups is 1. The van der Waals surface area contributed by atoms with Crippen LogP contribution in [0.2, 0.25) is 0 Å². The van der Waals surface area contributed by atoms with E-state index in [0.29, 0.717) is 24.8 Å². The minimum absolute atomic E-state index is 0.0845. The zero-order valence-corrected chi connectivity index (χ0v) is 13.1. The van der Waals surface area contributed by atoms with Gasteiger partial charge in [-0.3, -0.25) is 0 Å². The standard InChI is InChI=1S/C17H25F2NO2/c1-22-17(9-2-3-11-21,13-6-5-10-20-12-13)14-7-4-8-15(18)16(14)19/h4,7-8,13,20-21H,2-3,5-6,9-12H2,1H3/t13-,17+/m1/s1. The number of hydrogen-bond acceptors (Lipinski definition) is 3. The van der Waals surface area contributed by atoms with E-state index in [1.807, 2.05) is 0 Å². The van der Waals surface area contributed by atoms with Crippen molar-refractivity contribution in [1.82, 2.24) is 5.32 Å². The maximum Gasteiger partial charge on any atom is 0.164 e. The van der Waals surface area contributed by atoms with Gasteiger partial charge in [-0.2, -0.15) is 0 Å².